The lowest BCUT2D eigenvalue weighted by Crippen LogP contribution is -2.29. The number of hydrogen-bond acceptors (Lipinski definition) is 2. The molecular formula is C12H17BrN2. The summed E-state index contributed by atoms with van der Waals surface area (Å²) < 4.78 is 1.19. The van der Waals surface area contributed by atoms with E-state index in [0.29, 0.717) is 0 Å². The molecule has 1 aliphatic rings. The zero-order valence-electron chi connectivity index (χ0n) is 9.09. The molecule has 0 saturated carbocycles. The van der Waals surface area contributed by atoms with Gasteiger partial charge in [0.25, 0.3) is 0 Å². The zero-order chi connectivity index (χ0) is 10.7. The smallest absolute Gasteiger partial charge is 0.0512 e. The first-order valence-electron chi connectivity index (χ1n) is 5.53. The molecule has 2 rings (SSSR count). The van der Waals surface area contributed by atoms with E-state index >= 15 is 0 Å². The third-order valence-electron chi connectivity index (χ3n) is 2.93. The molecule has 1 saturated heterocycles. The van der Waals surface area contributed by atoms with Gasteiger partial charge in [-0.1, -0.05) is 0 Å². The van der Waals surface area contributed by atoms with Crippen molar-refractivity contribution < 1.29 is 0 Å². The second kappa shape index (κ2) is 4.88. The second-order valence-electron chi connectivity index (χ2n) is 3.96. The minimum absolute atomic E-state index is 1.16. The van der Waals surface area contributed by atoms with E-state index < -0.39 is 0 Å². The van der Waals surface area contributed by atoms with Gasteiger partial charge in [-0.05, 0) is 53.4 Å². The predicted molar refractivity (Wildman–Crippen MR) is 69.8 cm³/mol. The van der Waals surface area contributed by atoms with E-state index in [9.17, 15) is 0 Å². The van der Waals surface area contributed by atoms with E-state index in [1.165, 1.54) is 42.5 Å². The molecule has 0 bridgehead atoms. The molecule has 0 radical (unpaired) electrons. The molecule has 0 unspecified atom stereocenters. The average Bonchev–Trinajstić information content (AvgIpc) is 2.30. The van der Waals surface area contributed by atoms with Gasteiger partial charge in [-0.2, -0.15) is 0 Å². The molecule has 82 valence electrons. The second-order valence-corrected chi connectivity index (χ2v) is 4.82. The van der Waals surface area contributed by atoms with Crippen molar-refractivity contribution in [1.82, 2.24) is 0 Å². The Morgan fingerprint density at radius 3 is 2.53 bits per heavy atom. The molecular weight excluding hydrogens is 252 g/mol. The largest absolute Gasteiger partial charge is 0.388 e. The number of benzene rings is 1. The Balaban J connectivity index is 2.19. The topological polar surface area (TPSA) is 15.3 Å². The standard InChI is InChI=1S/C12H17BrN2/c1-14-10-5-6-12(11(13)9-10)15-7-3-2-4-8-15/h5-6,9,14H,2-4,7-8H2,1H3. The van der Waals surface area contributed by atoms with Gasteiger partial charge in [0.1, 0.15) is 0 Å². The van der Waals surface area contributed by atoms with Crippen molar-refractivity contribution >= 4 is 27.3 Å². The molecule has 1 fully saturated rings. The van der Waals surface area contributed by atoms with Crippen LogP contribution in [0.1, 0.15) is 19.3 Å². The van der Waals surface area contributed by atoms with Crippen LogP contribution in [-0.2, 0) is 0 Å². The quantitative estimate of drug-likeness (QED) is 0.884. The Morgan fingerprint density at radius 2 is 1.93 bits per heavy atom. The highest BCUT2D eigenvalue weighted by atomic mass is 79.9. The summed E-state index contributed by atoms with van der Waals surface area (Å²) in [6.45, 7) is 2.38. The summed E-state index contributed by atoms with van der Waals surface area (Å²) in [6.07, 6.45) is 4.02. The fourth-order valence-corrected chi connectivity index (χ4v) is 2.68. The Morgan fingerprint density at radius 1 is 1.20 bits per heavy atom. The Labute approximate surface area is 99.8 Å². The van der Waals surface area contributed by atoms with Crippen LogP contribution in [-0.4, -0.2) is 20.1 Å². The number of piperidine rings is 1. The van der Waals surface area contributed by atoms with Crippen molar-refractivity contribution in [3.8, 4) is 0 Å². The van der Waals surface area contributed by atoms with Gasteiger partial charge in [0.2, 0.25) is 0 Å². The molecule has 1 aromatic rings. The van der Waals surface area contributed by atoms with Crippen molar-refractivity contribution in [1.29, 1.82) is 0 Å². The van der Waals surface area contributed by atoms with Crippen LogP contribution >= 0.6 is 15.9 Å². The van der Waals surface area contributed by atoms with Crippen molar-refractivity contribution in [2.45, 2.75) is 19.3 Å². The van der Waals surface area contributed by atoms with Crippen LogP contribution in [0.4, 0.5) is 11.4 Å². The zero-order valence-corrected chi connectivity index (χ0v) is 10.7. The Kier molecular flexibility index (Phi) is 3.52. The van der Waals surface area contributed by atoms with Crippen LogP contribution in [0.5, 0.6) is 0 Å². The van der Waals surface area contributed by atoms with Crippen LogP contribution < -0.4 is 10.2 Å². The van der Waals surface area contributed by atoms with Crippen LogP contribution in [0, 0.1) is 0 Å². The number of rotatable bonds is 2. The van der Waals surface area contributed by atoms with E-state index in [2.05, 4.69) is 44.3 Å². The van der Waals surface area contributed by atoms with Crippen LogP contribution in [0.15, 0.2) is 22.7 Å². The minimum Gasteiger partial charge on any atom is -0.388 e. The van der Waals surface area contributed by atoms with Crippen molar-refractivity contribution in [3.05, 3.63) is 22.7 Å². The van der Waals surface area contributed by atoms with Gasteiger partial charge in [0.05, 0.1) is 5.69 Å². The van der Waals surface area contributed by atoms with E-state index in [1.54, 1.807) is 0 Å². The molecule has 1 aliphatic heterocycles. The predicted octanol–water partition coefficient (Wildman–Crippen LogP) is 3.48. The molecule has 1 aromatic carbocycles. The van der Waals surface area contributed by atoms with Crippen LogP contribution in [0.3, 0.4) is 0 Å². The monoisotopic (exact) mass is 268 g/mol. The Hall–Kier alpha value is -0.700. The van der Waals surface area contributed by atoms with Crippen LogP contribution in [0.2, 0.25) is 0 Å². The summed E-state index contributed by atoms with van der Waals surface area (Å²) >= 11 is 3.64. The molecule has 2 nitrogen and oxygen atoms in total. The highest BCUT2D eigenvalue weighted by Gasteiger charge is 2.13. The number of nitrogens with zero attached hydrogens (tertiary/aromatic N) is 1. The highest BCUT2D eigenvalue weighted by molar-refractivity contribution is 9.10. The molecule has 0 spiro atoms. The molecule has 0 aromatic heterocycles. The van der Waals surface area contributed by atoms with Crippen molar-refractivity contribution in [2.24, 2.45) is 0 Å². The summed E-state index contributed by atoms with van der Waals surface area (Å²) in [4.78, 5) is 2.47. The molecule has 3 heteroatoms. The first-order valence-corrected chi connectivity index (χ1v) is 6.33. The molecule has 0 aliphatic carbocycles. The van der Waals surface area contributed by atoms with Crippen molar-refractivity contribution in [3.63, 3.8) is 0 Å². The number of nitrogens with one attached hydrogen (secondary N) is 1. The lowest BCUT2D eigenvalue weighted by molar-refractivity contribution is 0.577. The van der Waals surface area contributed by atoms with E-state index in [0.717, 1.165) is 5.69 Å². The van der Waals surface area contributed by atoms with Gasteiger partial charge in [0, 0.05) is 30.3 Å². The maximum absolute atomic E-state index is 3.64. The third-order valence-corrected chi connectivity index (χ3v) is 3.57. The summed E-state index contributed by atoms with van der Waals surface area (Å²) in [6, 6.07) is 6.47. The Bertz CT molecular complexity index is 332. The van der Waals surface area contributed by atoms with Gasteiger partial charge in [-0.15, -0.1) is 0 Å². The van der Waals surface area contributed by atoms with Gasteiger partial charge in [-0.3, -0.25) is 0 Å². The summed E-state index contributed by atoms with van der Waals surface area (Å²) in [5, 5.41) is 3.15. The molecule has 1 N–H and O–H groups in total. The van der Waals surface area contributed by atoms with Gasteiger partial charge < -0.3 is 10.2 Å². The first kappa shape index (κ1) is 10.8. The van der Waals surface area contributed by atoms with E-state index in [1.807, 2.05) is 7.05 Å². The fraction of sp³-hybridized carbons (Fsp3) is 0.500. The molecule has 0 atom stereocenters. The highest BCUT2D eigenvalue weighted by Crippen LogP contribution is 2.30. The normalized spacial score (nSPS) is 16.5. The third kappa shape index (κ3) is 2.46. The number of hydrogen-bond donors (Lipinski definition) is 1. The average molecular weight is 269 g/mol. The number of anilines is 2. The minimum atomic E-state index is 1.16. The van der Waals surface area contributed by atoms with Gasteiger partial charge in [-0.25, -0.2) is 0 Å². The van der Waals surface area contributed by atoms with E-state index in [4.69, 9.17) is 0 Å². The first-order chi connectivity index (χ1) is 7.31. The summed E-state index contributed by atoms with van der Waals surface area (Å²) in [5.74, 6) is 0. The SMILES string of the molecule is CNc1ccc(N2CCCCC2)c(Br)c1. The van der Waals surface area contributed by atoms with Crippen LogP contribution in [0.25, 0.3) is 0 Å². The maximum Gasteiger partial charge on any atom is 0.0512 e. The maximum atomic E-state index is 3.64. The summed E-state index contributed by atoms with van der Waals surface area (Å²) in [5.41, 5.74) is 2.48. The van der Waals surface area contributed by atoms with E-state index in [-0.39, 0.29) is 0 Å². The molecule has 15 heavy (non-hydrogen) atoms. The van der Waals surface area contributed by atoms with Gasteiger partial charge in [0.15, 0.2) is 0 Å². The molecule has 1 heterocycles. The lowest BCUT2D eigenvalue weighted by Gasteiger charge is -2.29. The van der Waals surface area contributed by atoms with Crippen molar-refractivity contribution in [2.75, 3.05) is 30.4 Å². The van der Waals surface area contributed by atoms with Gasteiger partial charge >= 0.3 is 0 Å². The lowest BCUT2D eigenvalue weighted by atomic mass is 10.1. The summed E-state index contributed by atoms with van der Waals surface area (Å²) in [7, 11) is 1.95. The fourth-order valence-electron chi connectivity index (χ4n) is 2.05. The molecule has 0 amide bonds. The number of halogens is 1.